The molecule has 35 heavy (non-hydrogen) atoms. The fraction of sp³-hybridized carbons (Fsp3) is 0.0909. The number of ether oxygens (including phenoxy) is 1. The lowest BCUT2D eigenvalue weighted by Crippen LogP contribution is -2.26. The molecule has 0 unspecified atom stereocenters. The summed E-state index contributed by atoms with van der Waals surface area (Å²) in [5.74, 6) is 5.07. The SMILES string of the molecule is COc1cc(NC(=O)c2cnn(-c3cccc4ncccc34)c2C(F)(F)F)cnc1N(N)/C=C\N. The first-order valence-corrected chi connectivity index (χ1v) is 10.0. The third-order valence-corrected chi connectivity index (χ3v) is 4.94. The zero-order chi connectivity index (χ0) is 25.2. The van der Waals surface area contributed by atoms with E-state index in [1.54, 1.807) is 24.3 Å². The largest absolute Gasteiger partial charge is 0.493 e. The molecule has 0 fully saturated rings. The highest BCUT2D eigenvalue weighted by atomic mass is 19.4. The van der Waals surface area contributed by atoms with Gasteiger partial charge in [-0.25, -0.2) is 15.5 Å². The molecule has 1 amide bonds. The molecular formula is C22H19F3N8O2. The molecule has 4 aromatic rings. The van der Waals surface area contributed by atoms with Crippen LogP contribution in [0, 0.1) is 0 Å². The Morgan fingerprint density at radius 1 is 1.20 bits per heavy atom. The molecule has 5 N–H and O–H groups in total. The first-order chi connectivity index (χ1) is 16.7. The highest BCUT2D eigenvalue weighted by Gasteiger charge is 2.41. The highest BCUT2D eigenvalue weighted by molar-refractivity contribution is 6.05. The van der Waals surface area contributed by atoms with Crippen LogP contribution in [0.15, 0.2) is 67.4 Å². The number of hydrogen-bond donors (Lipinski definition) is 3. The molecule has 4 rings (SSSR count). The van der Waals surface area contributed by atoms with Crippen molar-refractivity contribution in [3.8, 4) is 11.4 Å². The van der Waals surface area contributed by atoms with Crippen molar-refractivity contribution in [3.05, 3.63) is 78.6 Å². The highest BCUT2D eigenvalue weighted by Crippen LogP contribution is 2.35. The van der Waals surface area contributed by atoms with Crippen LogP contribution >= 0.6 is 0 Å². The fourth-order valence-electron chi connectivity index (χ4n) is 3.45. The van der Waals surface area contributed by atoms with Gasteiger partial charge in [0.05, 0.1) is 42.0 Å². The lowest BCUT2D eigenvalue weighted by Gasteiger charge is -2.17. The number of methoxy groups -OCH3 is 1. The van der Waals surface area contributed by atoms with Gasteiger partial charge in [0.15, 0.2) is 17.3 Å². The lowest BCUT2D eigenvalue weighted by molar-refractivity contribution is -0.143. The van der Waals surface area contributed by atoms with E-state index in [2.05, 4.69) is 20.4 Å². The van der Waals surface area contributed by atoms with Crippen molar-refractivity contribution in [2.45, 2.75) is 6.18 Å². The van der Waals surface area contributed by atoms with Crippen LogP contribution in [0.25, 0.3) is 16.6 Å². The summed E-state index contributed by atoms with van der Waals surface area (Å²) in [6.07, 6.45) is 1.22. The first-order valence-electron chi connectivity index (χ1n) is 10.0. The second-order valence-electron chi connectivity index (χ2n) is 7.12. The van der Waals surface area contributed by atoms with E-state index >= 15 is 0 Å². The number of carbonyl (C=O) groups is 1. The Morgan fingerprint density at radius 3 is 2.71 bits per heavy atom. The topological polar surface area (TPSA) is 137 Å². The van der Waals surface area contributed by atoms with Crippen molar-refractivity contribution in [2.24, 2.45) is 11.6 Å². The number of rotatable bonds is 6. The second-order valence-corrected chi connectivity index (χ2v) is 7.12. The number of aromatic nitrogens is 4. The van der Waals surface area contributed by atoms with Crippen molar-refractivity contribution in [1.29, 1.82) is 0 Å². The number of fused-ring (bicyclic) bond motifs is 1. The molecule has 180 valence electrons. The Bertz CT molecular complexity index is 1410. The molecule has 0 aliphatic carbocycles. The molecule has 0 radical (unpaired) electrons. The summed E-state index contributed by atoms with van der Waals surface area (Å²) in [7, 11) is 1.34. The summed E-state index contributed by atoms with van der Waals surface area (Å²) in [6.45, 7) is 0. The molecule has 3 heterocycles. The molecule has 0 spiro atoms. The van der Waals surface area contributed by atoms with Crippen LogP contribution in [0.2, 0.25) is 0 Å². The minimum absolute atomic E-state index is 0.0796. The van der Waals surface area contributed by atoms with Gasteiger partial charge in [-0.2, -0.15) is 18.3 Å². The number of nitrogens with one attached hydrogen (secondary N) is 1. The summed E-state index contributed by atoms with van der Waals surface area (Å²) < 4.78 is 48.3. The van der Waals surface area contributed by atoms with Crippen LogP contribution in [0.4, 0.5) is 24.7 Å². The number of carbonyl (C=O) groups excluding carboxylic acids is 1. The van der Waals surface area contributed by atoms with Crippen molar-refractivity contribution in [1.82, 2.24) is 19.7 Å². The van der Waals surface area contributed by atoms with Crippen LogP contribution in [0.5, 0.6) is 5.75 Å². The third-order valence-electron chi connectivity index (χ3n) is 4.94. The summed E-state index contributed by atoms with van der Waals surface area (Å²) in [5, 5.41) is 7.80. The number of alkyl halides is 3. The molecule has 0 aliphatic rings. The second kappa shape index (κ2) is 9.30. The number of nitrogens with zero attached hydrogens (tertiary/aromatic N) is 5. The van der Waals surface area contributed by atoms with Gasteiger partial charge in [0.1, 0.15) is 0 Å². The van der Waals surface area contributed by atoms with E-state index in [-0.39, 0.29) is 22.9 Å². The minimum Gasteiger partial charge on any atom is -0.493 e. The molecular weight excluding hydrogens is 465 g/mol. The number of hydrogen-bond acceptors (Lipinski definition) is 8. The zero-order valence-corrected chi connectivity index (χ0v) is 18.2. The van der Waals surface area contributed by atoms with Gasteiger partial charge in [-0.1, -0.05) is 6.07 Å². The van der Waals surface area contributed by atoms with Crippen LogP contribution in [-0.2, 0) is 6.18 Å². The van der Waals surface area contributed by atoms with Gasteiger partial charge < -0.3 is 15.8 Å². The molecule has 3 aromatic heterocycles. The molecule has 10 nitrogen and oxygen atoms in total. The lowest BCUT2D eigenvalue weighted by atomic mass is 10.1. The number of nitrogens with two attached hydrogens (primary N) is 2. The third kappa shape index (κ3) is 4.56. The van der Waals surface area contributed by atoms with Crippen molar-refractivity contribution in [2.75, 3.05) is 17.4 Å². The Kier molecular flexibility index (Phi) is 6.25. The predicted molar refractivity (Wildman–Crippen MR) is 123 cm³/mol. The van der Waals surface area contributed by atoms with Gasteiger partial charge in [-0.05, 0) is 24.3 Å². The van der Waals surface area contributed by atoms with E-state index in [0.29, 0.717) is 15.6 Å². The Hall–Kier alpha value is -4.65. The summed E-state index contributed by atoms with van der Waals surface area (Å²) in [5.41, 5.74) is 4.10. The maximum absolute atomic E-state index is 14.1. The average molecular weight is 484 g/mol. The number of hydrazine groups is 1. The van der Waals surface area contributed by atoms with Gasteiger partial charge in [0, 0.05) is 30.0 Å². The Labute approximate surface area is 196 Å². The van der Waals surface area contributed by atoms with E-state index in [0.717, 1.165) is 11.2 Å². The van der Waals surface area contributed by atoms with Crippen molar-refractivity contribution < 1.29 is 22.7 Å². The molecule has 13 heteroatoms. The standard InChI is InChI=1S/C22H19F3N8O2/c1-35-18-10-13(11-29-20(18)32(27)9-7-26)31-21(34)15-12-30-33(19(15)22(23,24)25)17-6-2-5-16-14(17)4-3-8-28-16/h2-12H,26-27H2,1H3,(H,31,34)/b9-7-. The fourth-order valence-corrected chi connectivity index (χ4v) is 3.45. The summed E-state index contributed by atoms with van der Waals surface area (Å²) in [6, 6.07) is 9.28. The molecule has 0 bridgehead atoms. The first kappa shape index (κ1) is 23.5. The number of amides is 1. The Morgan fingerprint density at radius 2 is 2.00 bits per heavy atom. The van der Waals surface area contributed by atoms with Gasteiger partial charge >= 0.3 is 6.18 Å². The van der Waals surface area contributed by atoms with Gasteiger partial charge in [-0.3, -0.25) is 14.8 Å². The van der Waals surface area contributed by atoms with Crippen LogP contribution in [0.1, 0.15) is 16.1 Å². The summed E-state index contributed by atoms with van der Waals surface area (Å²) in [4.78, 5) is 21.1. The van der Waals surface area contributed by atoms with Crippen LogP contribution in [-0.4, -0.2) is 32.8 Å². The maximum Gasteiger partial charge on any atom is 0.434 e. The molecule has 0 saturated heterocycles. The van der Waals surface area contributed by atoms with Crippen molar-refractivity contribution in [3.63, 3.8) is 0 Å². The normalized spacial score (nSPS) is 11.7. The monoisotopic (exact) mass is 484 g/mol. The molecule has 0 aliphatic heterocycles. The molecule has 0 saturated carbocycles. The number of halogens is 3. The molecule has 1 aromatic carbocycles. The predicted octanol–water partition coefficient (Wildman–Crippen LogP) is 3.21. The summed E-state index contributed by atoms with van der Waals surface area (Å²) >= 11 is 0. The van der Waals surface area contributed by atoms with Crippen LogP contribution in [0.3, 0.4) is 0 Å². The van der Waals surface area contributed by atoms with E-state index < -0.39 is 23.3 Å². The average Bonchev–Trinajstić information content (AvgIpc) is 3.30. The minimum atomic E-state index is -4.89. The van der Waals surface area contributed by atoms with Gasteiger partial charge in [-0.15, -0.1) is 0 Å². The van der Waals surface area contributed by atoms with Gasteiger partial charge in [0.25, 0.3) is 5.91 Å². The smallest absolute Gasteiger partial charge is 0.434 e. The maximum atomic E-state index is 14.1. The Balaban J connectivity index is 1.73. The number of anilines is 2. The zero-order valence-electron chi connectivity index (χ0n) is 18.2. The van der Waals surface area contributed by atoms with E-state index in [1.807, 2.05) is 0 Å². The van der Waals surface area contributed by atoms with Crippen molar-refractivity contribution >= 4 is 28.3 Å². The van der Waals surface area contributed by atoms with Gasteiger partial charge in [0.2, 0.25) is 0 Å². The van der Waals surface area contributed by atoms with Crippen LogP contribution < -0.4 is 26.6 Å². The quantitative estimate of drug-likeness (QED) is 0.280. The van der Waals surface area contributed by atoms with E-state index in [1.165, 1.54) is 44.0 Å². The number of pyridine rings is 2. The van der Waals surface area contributed by atoms with E-state index in [9.17, 15) is 18.0 Å². The van der Waals surface area contributed by atoms with E-state index in [4.69, 9.17) is 16.3 Å². The molecule has 0 atom stereocenters. The number of benzene rings is 1.